The molecule has 1 amide bonds. The Kier molecular flexibility index (Phi) is 6.24. The highest BCUT2D eigenvalue weighted by molar-refractivity contribution is 7.13. The highest BCUT2D eigenvalue weighted by atomic mass is 32.1. The third-order valence-corrected chi connectivity index (χ3v) is 3.34. The van der Waals surface area contributed by atoms with E-state index < -0.39 is 0 Å². The normalized spacial score (nSPS) is 11.2. The minimum atomic E-state index is -0.100. The van der Waals surface area contributed by atoms with Crippen molar-refractivity contribution in [2.45, 2.75) is 39.8 Å². The molecule has 0 saturated heterocycles. The Labute approximate surface area is 112 Å². The monoisotopic (exact) mass is 271 g/mol. The number of aliphatic hydroxyl groups excluding tert-OH is 1. The minimum Gasteiger partial charge on any atom is -0.396 e. The van der Waals surface area contributed by atoms with Crippen LogP contribution in [-0.2, 0) is 11.3 Å². The molecule has 5 nitrogen and oxygen atoms in total. The predicted octanol–water partition coefficient (Wildman–Crippen LogP) is 1.69. The lowest BCUT2D eigenvalue weighted by Gasteiger charge is -2.25. The van der Waals surface area contributed by atoms with E-state index in [4.69, 9.17) is 5.11 Å². The van der Waals surface area contributed by atoms with E-state index in [0.717, 1.165) is 25.2 Å². The summed E-state index contributed by atoms with van der Waals surface area (Å²) in [4.78, 5) is 17.5. The van der Waals surface area contributed by atoms with Gasteiger partial charge >= 0.3 is 0 Å². The third-order valence-electron chi connectivity index (χ3n) is 2.53. The first-order valence-electron chi connectivity index (χ1n) is 6.09. The van der Waals surface area contributed by atoms with Gasteiger partial charge in [-0.05, 0) is 20.3 Å². The number of thiazole rings is 1. The second-order valence-electron chi connectivity index (χ2n) is 4.47. The SMILES string of the molecule is CC(=O)Nc1nc(CN(CCCO)C(C)C)cs1. The van der Waals surface area contributed by atoms with Crippen LogP contribution in [0.4, 0.5) is 5.13 Å². The summed E-state index contributed by atoms with van der Waals surface area (Å²) < 4.78 is 0. The van der Waals surface area contributed by atoms with Crippen LogP contribution in [0.25, 0.3) is 0 Å². The number of carbonyl (C=O) groups excluding carboxylic acids is 1. The molecule has 0 saturated carbocycles. The summed E-state index contributed by atoms with van der Waals surface area (Å²) in [6, 6.07) is 0.405. The Morgan fingerprint density at radius 3 is 2.89 bits per heavy atom. The van der Waals surface area contributed by atoms with Crippen LogP contribution in [-0.4, -0.2) is 40.1 Å². The molecule has 0 aliphatic carbocycles. The number of anilines is 1. The second-order valence-corrected chi connectivity index (χ2v) is 5.32. The minimum absolute atomic E-state index is 0.100. The van der Waals surface area contributed by atoms with Gasteiger partial charge in [0.15, 0.2) is 5.13 Å². The molecule has 1 heterocycles. The zero-order valence-corrected chi connectivity index (χ0v) is 12.0. The molecule has 18 heavy (non-hydrogen) atoms. The van der Waals surface area contributed by atoms with Crippen LogP contribution in [0.5, 0.6) is 0 Å². The Hall–Kier alpha value is -0.980. The van der Waals surface area contributed by atoms with Gasteiger partial charge in [0.25, 0.3) is 0 Å². The summed E-state index contributed by atoms with van der Waals surface area (Å²) in [5.41, 5.74) is 0.954. The van der Waals surface area contributed by atoms with E-state index in [1.165, 1.54) is 18.3 Å². The van der Waals surface area contributed by atoms with Crippen molar-refractivity contribution in [2.24, 2.45) is 0 Å². The van der Waals surface area contributed by atoms with Gasteiger partial charge in [-0.3, -0.25) is 9.69 Å². The van der Waals surface area contributed by atoms with Gasteiger partial charge in [0.05, 0.1) is 5.69 Å². The van der Waals surface area contributed by atoms with Crippen molar-refractivity contribution in [1.82, 2.24) is 9.88 Å². The Bertz CT molecular complexity index is 379. The molecule has 0 fully saturated rings. The van der Waals surface area contributed by atoms with Crippen LogP contribution >= 0.6 is 11.3 Å². The zero-order valence-electron chi connectivity index (χ0n) is 11.1. The summed E-state index contributed by atoms with van der Waals surface area (Å²) in [6.07, 6.45) is 0.765. The number of rotatable bonds is 7. The van der Waals surface area contributed by atoms with Crippen LogP contribution in [0.1, 0.15) is 32.9 Å². The van der Waals surface area contributed by atoms with Crippen molar-refractivity contribution in [2.75, 3.05) is 18.5 Å². The Morgan fingerprint density at radius 1 is 1.61 bits per heavy atom. The van der Waals surface area contributed by atoms with E-state index in [1.807, 2.05) is 5.38 Å². The molecule has 0 atom stereocenters. The molecular weight excluding hydrogens is 250 g/mol. The number of hydrogen-bond acceptors (Lipinski definition) is 5. The summed E-state index contributed by atoms with van der Waals surface area (Å²) >= 11 is 1.44. The highest BCUT2D eigenvalue weighted by Gasteiger charge is 2.12. The average Bonchev–Trinajstić information content (AvgIpc) is 2.70. The molecule has 1 aromatic rings. The van der Waals surface area contributed by atoms with Gasteiger partial charge in [0, 0.05) is 38.0 Å². The van der Waals surface area contributed by atoms with E-state index in [-0.39, 0.29) is 12.5 Å². The smallest absolute Gasteiger partial charge is 0.223 e. The summed E-state index contributed by atoms with van der Waals surface area (Å²) in [5.74, 6) is -0.100. The van der Waals surface area contributed by atoms with Crippen LogP contribution in [0, 0.1) is 0 Å². The lowest BCUT2D eigenvalue weighted by Crippen LogP contribution is -2.31. The molecule has 0 aromatic carbocycles. The molecule has 0 spiro atoms. The van der Waals surface area contributed by atoms with Gasteiger partial charge in [-0.25, -0.2) is 4.98 Å². The maximum absolute atomic E-state index is 10.9. The van der Waals surface area contributed by atoms with E-state index in [2.05, 4.69) is 29.0 Å². The van der Waals surface area contributed by atoms with E-state index in [1.54, 1.807) is 0 Å². The maximum atomic E-state index is 10.9. The standard InChI is InChI=1S/C12H21N3O2S/c1-9(2)15(5-4-6-16)7-11-8-18-12(14-11)13-10(3)17/h8-9,16H,4-7H2,1-3H3,(H,13,14,17). The Morgan fingerprint density at radius 2 is 2.33 bits per heavy atom. The van der Waals surface area contributed by atoms with E-state index in [9.17, 15) is 4.79 Å². The first-order valence-corrected chi connectivity index (χ1v) is 6.97. The van der Waals surface area contributed by atoms with Crippen molar-refractivity contribution in [3.05, 3.63) is 11.1 Å². The van der Waals surface area contributed by atoms with Crippen molar-refractivity contribution >= 4 is 22.4 Å². The summed E-state index contributed by atoms with van der Waals surface area (Å²) in [5, 5.41) is 14.2. The Balaban J connectivity index is 2.57. The number of carbonyl (C=O) groups is 1. The molecule has 1 rings (SSSR count). The molecule has 102 valence electrons. The largest absolute Gasteiger partial charge is 0.396 e. The predicted molar refractivity (Wildman–Crippen MR) is 73.7 cm³/mol. The average molecular weight is 271 g/mol. The molecule has 2 N–H and O–H groups in total. The van der Waals surface area contributed by atoms with Gasteiger partial charge in [0.2, 0.25) is 5.91 Å². The fourth-order valence-corrected chi connectivity index (χ4v) is 2.34. The van der Waals surface area contributed by atoms with Gasteiger partial charge < -0.3 is 10.4 Å². The number of hydrogen-bond donors (Lipinski definition) is 2. The number of amides is 1. The van der Waals surface area contributed by atoms with Gasteiger partial charge in [-0.15, -0.1) is 11.3 Å². The second kappa shape index (κ2) is 7.45. The molecule has 0 radical (unpaired) electrons. The first kappa shape index (κ1) is 15.1. The molecule has 0 aliphatic heterocycles. The van der Waals surface area contributed by atoms with E-state index >= 15 is 0 Å². The zero-order chi connectivity index (χ0) is 13.5. The molecular formula is C12H21N3O2S. The fraction of sp³-hybridized carbons (Fsp3) is 0.667. The summed E-state index contributed by atoms with van der Waals surface area (Å²) in [6.45, 7) is 7.52. The summed E-state index contributed by atoms with van der Waals surface area (Å²) in [7, 11) is 0. The van der Waals surface area contributed by atoms with Crippen LogP contribution < -0.4 is 5.32 Å². The first-order chi connectivity index (χ1) is 8.52. The van der Waals surface area contributed by atoms with Gasteiger partial charge in [-0.2, -0.15) is 0 Å². The van der Waals surface area contributed by atoms with Gasteiger partial charge in [0.1, 0.15) is 0 Å². The van der Waals surface area contributed by atoms with Crippen molar-refractivity contribution in [1.29, 1.82) is 0 Å². The van der Waals surface area contributed by atoms with Crippen LogP contribution in [0.15, 0.2) is 5.38 Å². The number of nitrogens with zero attached hydrogens (tertiary/aromatic N) is 2. The van der Waals surface area contributed by atoms with E-state index in [0.29, 0.717) is 11.2 Å². The quantitative estimate of drug-likeness (QED) is 0.792. The number of nitrogens with one attached hydrogen (secondary N) is 1. The third kappa shape index (κ3) is 5.12. The fourth-order valence-electron chi connectivity index (χ4n) is 1.59. The number of aliphatic hydroxyl groups is 1. The van der Waals surface area contributed by atoms with Crippen molar-refractivity contribution < 1.29 is 9.90 Å². The lowest BCUT2D eigenvalue weighted by atomic mass is 10.2. The topological polar surface area (TPSA) is 65.5 Å². The van der Waals surface area contributed by atoms with Gasteiger partial charge in [-0.1, -0.05) is 0 Å². The molecule has 6 heteroatoms. The highest BCUT2D eigenvalue weighted by Crippen LogP contribution is 2.17. The number of aromatic nitrogens is 1. The van der Waals surface area contributed by atoms with Crippen molar-refractivity contribution in [3.8, 4) is 0 Å². The van der Waals surface area contributed by atoms with Crippen LogP contribution in [0.3, 0.4) is 0 Å². The lowest BCUT2D eigenvalue weighted by molar-refractivity contribution is -0.114. The molecule has 0 unspecified atom stereocenters. The maximum Gasteiger partial charge on any atom is 0.223 e. The van der Waals surface area contributed by atoms with Crippen LogP contribution in [0.2, 0.25) is 0 Å². The molecule has 0 bridgehead atoms. The van der Waals surface area contributed by atoms with Crippen molar-refractivity contribution in [3.63, 3.8) is 0 Å². The molecule has 1 aromatic heterocycles. The molecule has 0 aliphatic rings.